The number of allylic oxidation sites excluding steroid dienone is 1. The van der Waals surface area contributed by atoms with Crippen LogP contribution in [0.15, 0.2) is 29.8 Å². The summed E-state index contributed by atoms with van der Waals surface area (Å²) in [5.74, 6) is 0.628. The van der Waals surface area contributed by atoms with Gasteiger partial charge in [-0.25, -0.2) is 0 Å². The topological polar surface area (TPSA) is 52.6 Å². The molecule has 1 saturated carbocycles. The lowest BCUT2D eigenvalue weighted by Gasteiger charge is -2.32. The summed E-state index contributed by atoms with van der Waals surface area (Å²) in [6, 6.07) is 5.44. The first-order valence-electron chi connectivity index (χ1n) is 10.7. The Bertz CT molecular complexity index is 753. The number of amides is 1. The molecule has 1 aliphatic heterocycles. The van der Waals surface area contributed by atoms with E-state index in [1.165, 1.54) is 31.3 Å². The number of hydrogen-bond acceptors (Lipinski definition) is 3. The van der Waals surface area contributed by atoms with Crippen molar-refractivity contribution in [2.75, 3.05) is 19.6 Å². The molecule has 1 heterocycles. The molecular formula is C23H31ClN2O2. The Kier molecular flexibility index (Phi) is 5.98. The number of nitrogens with one attached hydrogen (secondary N) is 1. The highest BCUT2D eigenvalue weighted by Gasteiger charge is 2.58. The van der Waals surface area contributed by atoms with Gasteiger partial charge in [0.1, 0.15) is 5.75 Å². The molecule has 4 nitrogen and oxygen atoms in total. The number of phenols is 1. The molecule has 4 rings (SSSR count). The van der Waals surface area contributed by atoms with Gasteiger partial charge in [-0.3, -0.25) is 9.69 Å². The molecule has 2 N–H and O–H groups in total. The van der Waals surface area contributed by atoms with Crippen molar-refractivity contribution in [3.05, 3.63) is 40.4 Å². The average Bonchev–Trinajstić information content (AvgIpc) is 3.41. The molecule has 0 radical (unpaired) electrons. The molecule has 1 spiro atoms. The summed E-state index contributed by atoms with van der Waals surface area (Å²) in [7, 11) is 0. The van der Waals surface area contributed by atoms with E-state index >= 15 is 0 Å². The number of benzene rings is 1. The summed E-state index contributed by atoms with van der Waals surface area (Å²) in [5.41, 5.74) is 2.90. The lowest BCUT2D eigenvalue weighted by atomic mass is 9.90. The highest BCUT2D eigenvalue weighted by molar-refractivity contribution is 6.32. The van der Waals surface area contributed by atoms with Gasteiger partial charge in [-0.15, -0.1) is 0 Å². The third-order valence-corrected chi connectivity index (χ3v) is 7.21. The summed E-state index contributed by atoms with van der Waals surface area (Å²) >= 11 is 6.02. The Morgan fingerprint density at radius 1 is 1.29 bits per heavy atom. The smallest absolute Gasteiger partial charge is 0.223 e. The second kappa shape index (κ2) is 8.46. The Morgan fingerprint density at radius 3 is 2.82 bits per heavy atom. The van der Waals surface area contributed by atoms with Crippen molar-refractivity contribution in [1.82, 2.24) is 10.2 Å². The zero-order valence-corrected chi connectivity index (χ0v) is 17.3. The van der Waals surface area contributed by atoms with Gasteiger partial charge in [0, 0.05) is 19.0 Å². The molecular weight excluding hydrogens is 372 g/mol. The van der Waals surface area contributed by atoms with Crippen molar-refractivity contribution in [3.8, 4) is 5.75 Å². The number of nitrogens with zero attached hydrogens (tertiary/aromatic N) is 1. The molecule has 1 amide bonds. The van der Waals surface area contributed by atoms with Gasteiger partial charge >= 0.3 is 0 Å². The van der Waals surface area contributed by atoms with Crippen LogP contribution in [0.25, 0.3) is 0 Å². The fourth-order valence-electron chi connectivity index (χ4n) is 4.94. The number of carbonyl (C=O) groups is 1. The molecule has 3 aliphatic rings. The van der Waals surface area contributed by atoms with Crippen LogP contribution >= 0.6 is 11.6 Å². The monoisotopic (exact) mass is 402 g/mol. The molecule has 0 aromatic heterocycles. The average molecular weight is 403 g/mol. The number of piperidine rings is 1. The fraction of sp³-hybridized carbons (Fsp3) is 0.609. The van der Waals surface area contributed by atoms with Crippen molar-refractivity contribution in [2.45, 2.75) is 57.9 Å². The van der Waals surface area contributed by atoms with Crippen molar-refractivity contribution in [2.24, 2.45) is 11.3 Å². The Hall–Kier alpha value is -1.52. The maximum atomic E-state index is 12.6. The molecule has 2 aliphatic carbocycles. The van der Waals surface area contributed by atoms with E-state index in [0.29, 0.717) is 5.02 Å². The Labute approximate surface area is 172 Å². The summed E-state index contributed by atoms with van der Waals surface area (Å²) in [5, 5.41) is 13.2. The quantitative estimate of drug-likeness (QED) is 0.680. The molecule has 28 heavy (non-hydrogen) atoms. The van der Waals surface area contributed by atoms with Crippen molar-refractivity contribution < 1.29 is 9.90 Å². The second-order valence-electron chi connectivity index (χ2n) is 8.83. The molecule has 1 atom stereocenters. The second-order valence-corrected chi connectivity index (χ2v) is 9.24. The molecule has 0 bridgehead atoms. The highest BCUT2D eigenvalue weighted by atomic mass is 35.5. The van der Waals surface area contributed by atoms with Gasteiger partial charge in [0.25, 0.3) is 0 Å². The summed E-state index contributed by atoms with van der Waals surface area (Å²) in [4.78, 5) is 15.0. The highest BCUT2D eigenvalue weighted by Crippen LogP contribution is 2.59. The SMILES string of the molecule is O=C(NCCC1=CCCCC1)C1CC12CCN(Cc1ccc(O)c(Cl)c1)CC2. The minimum absolute atomic E-state index is 0.134. The molecule has 5 heteroatoms. The van der Waals surface area contributed by atoms with Crippen LogP contribution in [0.5, 0.6) is 5.75 Å². The third kappa shape index (κ3) is 4.55. The van der Waals surface area contributed by atoms with Gasteiger partial charge < -0.3 is 10.4 Å². The molecule has 2 fully saturated rings. The van der Waals surface area contributed by atoms with Gasteiger partial charge in [-0.05, 0) is 87.6 Å². The molecule has 152 valence electrons. The van der Waals surface area contributed by atoms with Crippen molar-refractivity contribution >= 4 is 17.5 Å². The van der Waals surface area contributed by atoms with Crippen LogP contribution in [0.4, 0.5) is 0 Å². The largest absolute Gasteiger partial charge is 0.506 e. The van der Waals surface area contributed by atoms with E-state index in [1.807, 2.05) is 12.1 Å². The Balaban J connectivity index is 1.20. The lowest BCUT2D eigenvalue weighted by molar-refractivity contribution is -0.123. The van der Waals surface area contributed by atoms with Crippen LogP contribution in [0.2, 0.25) is 5.02 Å². The molecule has 1 saturated heterocycles. The van der Waals surface area contributed by atoms with E-state index < -0.39 is 0 Å². The van der Waals surface area contributed by atoms with Crippen LogP contribution in [0, 0.1) is 11.3 Å². The van der Waals surface area contributed by atoms with Crippen LogP contribution < -0.4 is 5.32 Å². The zero-order valence-electron chi connectivity index (χ0n) is 16.6. The van der Waals surface area contributed by atoms with E-state index in [4.69, 9.17) is 11.6 Å². The Morgan fingerprint density at radius 2 is 2.11 bits per heavy atom. The van der Waals surface area contributed by atoms with Gasteiger partial charge in [-0.2, -0.15) is 0 Å². The number of carbonyl (C=O) groups excluding carboxylic acids is 1. The van der Waals surface area contributed by atoms with Gasteiger partial charge in [-0.1, -0.05) is 29.3 Å². The molecule has 1 unspecified atom stereocenters. The van der Waals surface area contributed by atoms with E-state index in [0.717, 1.165) is 57.4 Å². The zero-order chi connectivity index (χ0) is 19.6. The number of phenolic OH excluding ortho intramolecular Hbond substituents is 1. The van der Waals surface area contributed by atoms with Crippen LogP contribution in [0.3, 0.4) is 0 Å². The lowest BCUT2D eigenvalue weighted by Crippen LogP contribution is -2.37. The number of halogens is 1. The van der Waals surface area contributed by atoms with Gasteiger partial charge in [0.2, 0.25) is 5.91 Å². The summed E-state index contributed by atoms with van der Waals surface area (Å²) in [6.45, 7) is 3.69. The number of rotatable bonds is 6. The summed E-state index contributed by atoms with van der Waals surface area (Å²) in [6.07, 6.45) is 11.7. The number of aromatic hydroxyl groups is 1. The van der Waals surface area contributed by atoms with Crippen molar-refractivity contribution in [1.29, 1.82) is 0 Å². The predicted molar refractivity (Wildman–Crippen MR) is 112 cm³/mol. The molecule has 1 aromatic rings. The first kappa shape index (κ1) is 19.8. The first-order chi connectivity index (χ1) is 13.6. The third-order valence-electron chi connectivity index (χ3n) is 6.91. The minimum Gasteiger partial charge on any atom is -0.506 e. The van der Waals surface area contributed by atoms with E-state index in [1.54, 1.807) is 6.07 Å². The van der Waals surface area contributed by atoms with E-state index in [2.05, 4.69) is 16.3 Å². The number of hydrogen-bond donors (Lipinski definition) is 2. The fourth-order valence-corrected chi connectivity index (χ4v) is 5.14. The maximum absolute atomic E-state index is 12.6. The van der Waals surface area contributed by atoms with Crippen LogP contribution in [-0.4, -0.2) is 35.5 Å². The minimum atomic E-state index is 0.134. The normalized spacial score (nSPS) is 24.0. The van der Waals surface area contributed by atoms with Crippen LogP contribution in [0.1, 0.15) is 56.9 Å². The van der Waals surface area contributed by atoms with E-state index in [9.17, 15) is 9.90 Å². The number of likely N-dealkylation sites (tertiary alicyclic amines) is 1. The maximum Gasteiger partial charge on any atom is 0.223 e. The first-order valence-corrected chi connectivity index (χ1v) is 11.1. The standard InChI is InChI=1S/C23H31ClN2O2/c24-20-14-18(6-7-21(20)27)16-26-12-9-23(10-13-26)15-19(23)22(28)25-11-8-17-4-2-1-3-5-17/h4,6-7,14,19,27H,1-3,5,8-13,15-16H2,(H,25,28). The summed E-state index contributed by atoms with van der Waals surface area (Å²) < 4.78 is 0. The van der Waals surface area contributed by atoms with E-state index in [-0.39, 0.29) is 23.0 Å². The predicted octanol–water partition coefficient (Wildman–Crippen LogP) is 4.65. The molecule has 1 aromatic carbocycles. The van der Waals surface area contributed by atoms with Gasteiger partial charge in [0.15, 0.2) is 0 Å². The van der Waals surface area contributed by atoms with Crippen LogP contribution in [-0.2, 0) is 11.3 Å². The van der Waals surface area contributed by atoms with Gasteiger partial charge in [0.05, 0.1) is 5.02 Å². The van der Waals surface area contributed by atoms with Crippen molar-refractivity contribution in [3.63, 3.8) is 0 Å².